The Hall–Kier alpha value is -1.64. The van der Waals surface area contributed by atoms with E-state index in [1.165, 1.54) is 38.9 Å². The third-order valence-corrected chi connectivity index (χ3v) is 5.51. The second-order valence-corrected chi connectivity index (χ2v) is 7.31. The van der Waals surface area contributed by atoms with Gasteiger partial charge in [0.15, 0.2) is 0 Å². The summed E-state index contributed by atoms with van der Waals surface area (Å²) in [5, 5.41) is 4.89. The van der Waals surface area contributed by atoms with Crippen LogP contribution in [0.15, 0.2) is 54.6 Å². The van der Waals surface area contributed by atoms with Gasteiger partial charge in [-0.05, 0) is 47.5 Å². The smallest absolute Gasteiger partial charge is 0.0355 e. The zero-order chi connectivity index (χ0) is 16.1. The first kappa shape index (κ1) is 16.2. The van der Waals surface area contributed by atoms with Gasteiger partial charge in [-0.3, -0.25) is 0 Å². The SMILES string of the molecule is CCCCNCC(C)c1ccc(-c2cc3ccccc3s2)cc1. The molecule has 0 fully saturated rings. The molecule has 1 heterocycles. The van der Waals surface area contributed by atoms with Crippen molar-refractivity contribution in [1.29, 1.82) is 0 Å². The Morgan fingerprint density at radius 3 is 2.57 bits per heavy atom. The van der Waals surface area contributed by atoms with Crippen molar-refractivity contribution in [3.63, 3.8) is 0 Å². The normalized spacial score (nSPS) is 12.6. The summed E-state index contributed by atoms with van der Waals surface area (Å²) >= 11 is 1.87. The van der Waals surface area contributed by atoms with E-state index in [1.54, 1.807) is 0 Å². The molecule has 120 valence electrons. The molecule has 23 heavy (non-hydrogen) atoms. The van der Waals surface area contributed by atoms with Gasteiger partial charge in [0.2, 0.25) is 0 Å². The van der Waals surface area contributed by atoms with Crippen LogP contribution in [0, 0.1) is 0 Å². The van der Waals surface area contributed by atoms with Gasteiger partial charge in [-0.1, -0.05) is 62.7 Å². The van der Waals surface area contributed by atoms with Crippen LogP contribution in [0.5, 0.6) is 0 Å². The van der Waals surface area contributed by atoms with Gasteiger partial charge in [0.1, 0.15) is 0 Å². The molecule has 0 aliphatic carbocycles. The summed E-state index contributed by atoms with van der Waals surface area (Å²) in [5.41, 5.74) is 2.74. The molecule has 1 atom stereocenters. The number of unbranched alkanes of at least 4 members (excludes halogenated alkanes) is 1. The number of fused-ring (bicyclic) bond motifs is 1. The topological polar surface area (TPSA) is 12.0 Å². The molecule has 1 aromatic heterocycles. The van der Waals surface area contributed by atoms with Crippen molar-refractivity contribution in [3.05, 3.63) is 60.2 Å². The molecule has 1 N–H and O–H groups in total. The van der Waals surface area contributed by atoms with Gasteiger partial charge >= 0.3 is 0 Å². The maximum Gasteiger partial charge on any atom is 0.0355 e. The molecular weight excluding hydrogens is 298 g/mol. The highest BCUT2D eigenvalue weighted by Crippen LogP contribution is 2.33. The fourth-order valence-electron chi connectivity index (χ4n) is 2.84. The van der Waals surface area contributed by atoms with Gasteiger partial charge < -0.3 is 5.32 Å². The average molecular weight is 324 g/mol. The van der Waals surface area contributed by atoms with Gasteiger partial charge in [-0.15, -0.1) is 11.3 Å². The van der Waals surface area contributed by atoms with E-state index in [4.69, 9.17) is 0 Å². The minimum Gasteiger partial charge on any atom is -0.316 e. The largest absolute Gasteiger partial charge is 0.316 e. The predicted octanol–water partition coefficient (Wildman–Crippen LogP) is 6.06. The zero-order valence-corrected chi connectivity index (χ0v) is 14.8. The van der Waals surface area contributed by atoms with Crippen LogP contribution in [-0.2, 0) is 0 Å². The van der Waals surface area contributed by atoms with E-state index in [-0.39, 0.29) is 0 Å². The summed E-state index contributed by atoms with van der Waals surface area (Å²) in [5.74, 6) is 0.559. The summed E-state index contributed by atoms with van der Waals surface area (Å²) in [6.07, 6.45) is 2.52. The van der Waals surface area contributed by atoms with E-state index in [1.807, 2.05) is 11.3 Å². The van der Waals surface area contributed by atoms with Gasteiger partial charge in [-0.2, -0.15) is 0 Å². The van der Waals surface area contributed by atoms with Crippen molar-refractivity contribution in [3.8, 4) is 10.4 Å². The second-order valence-electron chi connectivity index (χ2n) is 6.23. The van der Waals surface area contributed by atoms with Crippen molar-refractivity contribution >= 4 is 21.4 Å². The van der Waals surface area contributed by atoms with Crippen molar-refractivity contribution in [2.75, 3.05) is 13.1 Å². The summed E-state index contributed by atoms with van der Waals surface area (Å²) in [6.45, 7) is 6.72. The Kier molecular flexibility index (Phi) is 5.47. The molecule has 1 unspecified atom stereocenters. The molecule has 0 bridgehead atoms. The van der Waals surface area contributed by atoms with E-state index in [2.05, 4.69) is 73.8 Å². The third-order valence-electron chi connectivity index (χ3n) is 4.35. The van der Waals surface area contributed by atoms with E-state index in [0.717, 1.165) is 13.1 Å². The Balaban J connectivity index is 1.69. The van der Waals surface area contributed by atoms with Crippen LogP contribution in [-0.4, -0.2) is 13.1 Å². The standard InChI is InChI=1S/C21H25NS/c1-3-4-13-22-15-16(2)17-9-11-18(12-10-17)21-14-19-7-5-6-8-20(19)23-21/h5-12,14,16,22H,3-4,13,15H2,1-2H3. The molecule has 2 heteroatoms. The fraction of sp³-hybridized carbons (Fsp3) is 0.333. The molecule has 2 aromatic carbocycles. The lowest BCUT2D eigenvalue weighted by atomic mass is 9.99. The van der Waals surface area contributed by atoms with Crippen LogP contribution < -0.4 is 5.32 Å². The van der Waals surface area contributed by atoms with Crippen molar-refractivity contribution in [1.82, 2.24) is 5.32 Å². The number of thiophene rings is 1. The van der Waals surface area contributed by atoms with Crippen LogP contribution in [0.25, 0.3) is 20.5 Å². The Morgan fingerprint density at radius 1 is 1.04 bits per heavy atom. The van der Waals surface area contributed by atoms with Crippen LogP contribution in [0.3, 0.4) is 0 Å². The maximum absolute atomic E-state index is 3.55. The molecule has 0 saturated heterocycles. The maximum atomic E-state index is 3.55. The van der Waals surface area contributed by atoms with E-state index in [9.17, 15) is 0 Å². The molecule has 0 spiro atoms. The highest BCUT2D eigenvalue weighted by atomic mass is 32.1. The Bertz CT molecular complexity index is 709. The molecular formula is C21H25NS. The molecule has 0 aliphatic heterocycles. The van der Waals surface area contributed by atoms with Crippen LogP contribution in [0.4, 0.5) is 0 Å². The predicted molar refractivity (Wildman–Crippen MR) is 103 cm³/mol. The number of rotatable bonds is 7. The highest BCUT2D eigenvalue weighted by molar-refractivity contribution is 7.22. The zero-order valence-electron chi connectivity index (χ0n) is 14.0. The summed E-state index contributed by atoms with van der Waals surface area (Å²) < 4.78 is 1.36. The first-order valence-corrected chi connectivity index (χ1v) is 9.39. The fourth-order valence-corrected chi connectivity index (χ4v) is 3.91. The summed E-state index contributed by atoms with van der Waals surface area (Å²) in [4.78, 5) is 1.35. The minimum atomic E-state index is 0.559. The van der Waals surface area contributed by atoms with Gasteiger partial charge in [0.25, 0.3) is 0 Å². The lowest BCUT2D eigenvalue weighted by Crippen LogP contribution is -2.21. The lowest BCUT2D eigenvalue weighted by molar-refractivity contribution is 0.591. The second kappa shape index (κ2) is 7.76. The monoisotopic (exact) mass is 323 g/mol. The number of nitrogens with one attached hydrogen (secondary N) is 1. The van der Waals surface area contributed by atoms with E-state index >= 15 is 0 Å². The van der Waals surface area contributed by atoms with Crippen LogP contribution in [0.2, 0.25) is 0 Å². The van der Waals surface area contributed by atoms with Gasteiger partial charge in [-0.25, -0.2) is 0 Å². The van der Waals surface area contributed by atoms with Gasteiger partial charge in [0, 0.05) is 16.1 Å². The molecule has 0 amide bonds. The van der Waals surface area contributed by atoms with Crippen LogP contribution in [0.1, 0.15) is 38.2 Å². The van der Waals surface area contributed by atoms with Crippen molar-refractivity contribution < 1.29 is 0 Å². The third kappa shape index (κ3) is 4.01. The lowest BCUT2D eigenvalue weighted by Gasteiger charge is -2.13. The minimum absolute atomic E-state index is 0.559. The number of hydrogen-bond acceptors (Lipinski definition) is 2. The highest BCUT2D eigenvalue weighted by Gasteiger charge is 2.07. The van der Waals surface area contributed by atoms with Crippen molar-refractivity contribution in [2.24, 2.45) is 0 Å². The molecule has 0 aliphatic rings. The Labute approximate surface area is 143 Å². The van der Waals surface area contributed by atoms with Crippen molar-refractivity contribution in [2.45, 2.75) is 32.6 Å². The number of hydrogen-bond donors (Lipinski definition) is 1. The average Bonchev–Trinajstić information content (AvgIpc) is 3.03. The van der Waals surface area contributed by atoms with Gasteiger partial charge in [0.05, 0.1) is 0 Å². The van der Waals surface area contributed by atoms with Crippen LogP contribution >= 0.6 is 11.3 Å². The van der Waals surface area contributed by atoms with E-state index < -0.39 is 0 Å². The molecule has 0 radical (unpaired) electrons. The molecule has 3 aromatic rings. The Morgan fingerprint density at radius 2 is 1.83 bits per heavy atom. The first-order valence-electron chi connectivity index (χ1n) is 8.57. The first-order chi connectivity index (χ1) is 11.3. The molecule has 0 saturated carbocycles. The summed E-state index contributed by atoms with van der Waals surface area (Å²) in [7, 11) is 0. The molecule has 3 rings (SSSR count). The number of benzene rings is 2. The quantitative estimate of drug-likeness (QED) is 0.521. The molecule has 1 nitrogen and oxygen atoms in total. The summed E-state index contributed by atoms with van der Waals surface area (Å²) in [6, 6.07) is 20.0. The van der Waals surface area contributed by atoms with E-state index in [0.29, 0.717) is 5.92 Å².